The number of rotatable bonds is 7. The van der Waals surface area contributed by atoms with E-state index in [2.05, 4.69) is 24.0 Å². The third kappa shape index (κ3) is 4.25. The molecule has 0 spiro atoms. The van der Waals surface area contributed by atoms with Crippen LogP contribution < -0.4 is 4.74 Å². The molecule has 26 heavy (non-hydrogen) atoms. The van der Waals surface area contributed by atoms with Crippen LogP contribution in [0.5, 0.6) is 5.75 Å². The summed E-state index contributed by atoms with van der Waals surface area (Å²) in [5.74, 6) is 1.91. The first-order valence-electron chi connectivity index (χ1n) is 8.56. The molecule has 0 saturated carbocycles. The van der Waals surface area contributed by atoms with Gasteiger partial charge >= 0.3 is 0 Å². The van der Waals surface area contributed by atoms with Crippen molar-refractivity contribution in [3.63, 3.8) is 0 Å². The van der Waals surface area contributed by atoms with E-state index < -0.39 is 0 Å². The zero-order chi connectivity index (χ0) is 18.5. The number of nitrogens with zero attached hydrogens (tertiary/aromatic N) is 3. The predicted octanol–water partition coefficient (Wildman–Crippen LogP) is 4.93. The van der Waals surface area contributed by atoms with Gasteiger partial charge in [0.15, 0.2) is 11.0 Å². The maximum Gasteiger partial charge on any atom is 0.191 e. The van der Waals surface area contributed by atoms with Gasteiger partial charge in [0.1, 0.15) is 18.2 Å². The van der Waals surface area contributed by atoms with Gasteiger partial charge in [-0.2, -0.15) is 0 Å². The summed E-state index contributed by atoms with van der Waals surface area (Å²) in [6, 6.07) is 12.8. The van der Waals surface area contributed by atoms with Crippen molar-refractivity contribution in [1.82, 2.24) is 14.8 Å². The summed E-state index contributed by atoms with van der Waals surface area (Å²) in [5.41, 5.74) is 3.09. The molecule has 0 bridgehead atoms. The molecule has 3 aromatic rings. The Morgan fingerprint density at radius 3 is 2.62 bits per heavy atom. The van der Waals surface area contributed by atoms with Crippen LogP contribution in [0.1, 0.15) is 29.4 Å². The third-order valence-corrected chi connectivity index (χ3v) is 5.29. The molecule has 0 N–H and O–H groups in total. The first-order valence-corrected chi connectivity index (χ1v) is 9.55. The highest BCUT2D eigenvalue weighted by molar-refractivity contribution is 7.98. The summed E-state index contributed by atoms with van der Waals surface area (Å²) >= 11 is 1.48. The van der Waals surface area contributed by atoms with Gasteiger partial charge in [-0.3, -0.25) is 0 Å². The van der Waals surface area contributed by atoms with Crippen molar-refractivity contribution in [3.05, 3.63) is 70.8 Å². The average molecular weight is 371 g/mol. The van der Waals surface area contributed by atoms with Crippen molar-refractivity contribution in [1.29, 1.82) is 0 Å². The van der Waals surface area contributed by atoms with Gasteiger partial charge in [-0.25, -0.2) is 4.39 Å². The number of hydrogen-bond acceptors (Lipinski definition) is 4. The maximum absolute atomic E-state index is 13.8. The number of ether oxygens (including phenoxy) is 1. The molecule has 0 saturated heterocycles. The van der Waals surface area contributed by atoms with E-state index >= 15 is 0 Å². The monoisotopic (exact) mass is 371 g/mol. The fourth-order valence-electron chi connectivity index (χ4n) is 2.56. The fourth-order valence-corrected chi connectivity index (χ4v) is 3.57. The lowest BCUT2D eigenvalue weighted by Gasteiger charge is -2.10. The molecule has 0 aliphatic carbocycles. The Labute approximate surface area is 157 Å². The molecule has 0 aliphatic rings. The van der Waals surface area contributed by atoms with Gasteiger partial charge in [-0.15, -0.1) is 10.2 Å². The van der Waals surface area contributed by atoms with E-state index in [1.807, 2.05) is 35.8 Å². The highest BCUT2D eigenvalue weighted by Crippen LogP contribution is 2.24. The highest BCUT2D eigenvalue weighted by Gasteiger charge is 2.13. The standard InChI is InChI=1S/C20H22FN3OS/c1-4-24-19(12-25-17-10-9-14(2)15(3)11-17)22-23-20(24)26-13-16-7-5-6-8-18(16)21/h5-11H,4,12-13H2,1-3H3. The minimum atomic E-state index is -0.194. The van der Waals surface area contributed by atoms with E-state index in [-0.39, 0.29) is 5.82 Å². The molecule has 3 rings (SSSR count). The molecule has 0 fully saturated rings. The van der Waals surface area contributed by atoms with Crippen LogP contribution in [-0.2, 0) is 18.9 Å². The number of benzene rings is 2. The Morgan fingerprint density at radius 2 is 1.88 bits per heavy atom. The van der Waals surface area contributed by atoms with Gasteiger partial charge in [0.2, 0.25) is 0 Å². The number of aryl methyl sites for hydroxylation is 2. The van der Waals surface area contributed by atoms with Crippen molar-refractivity contribution in [2.45, 2.75) is 44.8 Å². The van der Waals surface area contributed by atoms with Gasteiger partial charge in [-0.05, 0) is 55.7 Å². The molecule has 136 valence electrons. The molecule has 0 amide bonds. The molecule has 4 nitrogen and oxygen atoms in total. The fraction of sp³-hybridized carbons (Fsp3) is 0.300. The molecule has 0 unspecified atom stereocenters. The van der Waals surface area contributed by atoms with Crippen LogP contribution in [0, 0.1) is 19.7 Å². The van der Waals surface area contributed by atoms with E-state index in [1.165, 1.54) is 29.0 Å². The van der Waals surface area contributed by atoms with Crippen LogP contribution in [-0.4, -0.2) is 14.8 Å². The van der Waals surface area contributed by atoms with E-state index in [4.69, 9.17) is 4.74 Å². The van der Waals surface area contributed by atoms with Crippen molar-refractivity contribution in [3.8, 4) is 5.75 Å². The summed E-state index contributed by atoms with van der Waals surface area (Å²) < 4.78 is 21.7. The van der Waals surface area contributed by atoms with Gasteiger partial charge in [0, 0.05) is 12.3 Å². The third-order valence-electron chi connectivity index (χ3n) is 4.27. The van der Waals surface area contributed by atoms with Crippen molar-refractivity contribution >= 4 is 11.8 Å². The summed E-state index contributed by atoms with van der Waals surface area (Å²) in [5, 5.41) is 9.27. The van der Waals surface area contributed by atoms with Crippen molar-refractivity contribution in [2.24, 2.45) is 0 Å². The summed E-state index contributed by atoms with van der Waals surface area (Å²) in [6.07, 6.45) is 0. The van der Waals surface area contributed by atoms with Crippen LogP contribution in [0.4, 0.5) is 4.39 Å². The second-order valence-electron chi connectivity index (χ2n) is 6.06. The molecular weight excluding hydrogens is 349 g/mol. The Morgan fingerprint density at radius 1 is 1.08 bits per heavy atom. The highest BCUT2D eigenvalue weighted by atomic mass is 32.2. The van der Waals surface area contributed by atoms with Crippen molar-refractivity contribution < 1.29 is 9.13 Å². The SMILES string of the molecule is CCn1c(COc2ccc(C)c(C)c2)nnc1SCc1ccccc1F. The summed E-state index contributed by atoms with van der Waals surface area (Å²) in [4.78, 5) is 0. The molecular formula is C20H22FN3OS. The second-order valence-corrected chi connectivity index (χ2v) is 7.00. The van der Waals surface area contributed by atoms with Gasteiger partial charge in [-0.1, -0.05) is 36.0 Å². The molecule has 1 aromatic heterocycles. The Bertz CT molecular complexity index is 895. The van der Waals surface area contributed by atoms with E-state index in [9.17, 15) is 4.39 Å². The van der Waals surface area contributed by atoms with Crippen LogP contribution in [0.2, 0.25) is 0 Å². The largest absolute Gasteiger partial charge is 0.486 e. The molecule has 1 heterocycles. The Kier molecular flexibility index (Phi) is 5.93. The van der Waals surface area contributed by atoms with Crippen LogP contribution >= 0.6 is 11.8 Å². The van der Waals surface area contributed by atoms with Crippen LogP contribution in [0.3, 0.4) is 0 Å². The molecule has 0 atom stereocenters. The van der Waals surface area contributed by atoms with E-state index in [0.717, 1.165) is 23.3 Å². The van der Waals surface area contributed by atoms with Crippen molar-refractivity contribution in [2.75, 3.05) is 0 Å². The number of aromatic nitrogens is 3. The molecule has 0 radical (unpaired) electrons. The van der Waals surface area contributed by atoms with Crippen LogP contribution in [0.25, 0.3) is 0 Å². The van der Waals surface area contributed by atoms with Gasteiger partial charge < -0.3 is 9.30 Å². The minimum absolute atomic E-state index is 0.194. The van der Waals surface area contributed by atoms with Gasteiger partial charge in [0.25, 0.3) is 0 Å². The summed E-state index contributed by atoms with van der Waals surface area (Å²) in [7, 11) is 0. The van der Waals surface area contributed by atoms with Gasteiger partial charge in [0.05, 0.1) is 0 Å². The first kappa shape index (κ1) is 18.5. The number of halogens is 1. The lowest BCUT2D eigenvalue weighted by molar-refractivity contribution is 0.288. The minimum Gasteiger partial charge on any atom is -0.486 e. The zero-order valence-electron chi connectivity index (χ0n) is 15.2. The quantitative estimate of drug-likeness (QED) is 0.553. The Hall–Kier alpha value is -2.34. The smallest absolute Gasteiger partial charge is 0.191 e. The predicted molar refractivity (Wildman–Crippen MR) is 102 cm³/mol. The maximum atomic E-state index is 13.8. The Balaban J connectivity index is 1.67. The van der Waals surface area contributed by atoms with Crippen LogP contribution in [0.15, 0.2) is 47.6 Å². The first-order chi connectivity index (χ1) is 12.6. The number of hydrogen-bond donors (Lipinski definition) is 0. The van der Waals surface area contributed by atoms with E-state index in [1.54, 1.807) is 12.1 Å². The normalized spacial score (nSPS) is 10.9. The van der Waals surface area contributed by atoms with E-state index in [0.29, 0.717) is 17.9 Å². The lowest BCUT2D eigenvalue weighted by atomic mass is 10.1. The zero-order valence-corrected chi connectivity index (χ0v) is 16.0. The average Bonchev–Trinajstić information content (AvgIpc) is 3.04. The molecule has 0 aliphatic heterocycles. The number of thioether (sulfide) groups is 1. The lowest BCUT2D eigenvalue weighted by Crippen LogP contribution is -2.07. The topological polar surface area (TPSA) is 39.9 Å². The molecule has 6 heteroatoms. The molecule has 2 aromatic carbocycles. The summed E-state index contributed by atoms with van der Waals surface area (Å²) in [6.45, 7) is 7.26. The second kappa shape index (κ2) is 8.36.